The van der Waals surface area contributed by atoms with E-state index in [9.17, 15) is 13.2 Å². The summed E-state index contributed by atoms with van der Waals surface area (Å²) in [5.74, 6) is 0. The van der Waals surface area contributed by atoms with Gasteiger partial charge in [-0.05, 0) is 29.8 Å². The highest BCUT2D eigenvalue weighted by atomic mass is 35.5. The molecule has 0 atom stereocenters. The van der Waals surface area contributed by atoms with Crippen molar-refractivity contribution in [1.29, 1.82) is 0 Å². The molecular weight excluding hydrogens is 382 g/mol. The van der Waals surface area contributed by atoms with Gasteiger partial charge in [0.25, 0.3) is 0 Å². The number of thiazole rings is 1. The van der Waals surface area contributed by atoms with Crippen molar-refractivity contribution in [3.05, 3.63) is 62.7 Å². The molecule has 0 aliphatic rings. The average molecular weight is 398 g/mol. The zero-order valence-corrected chi connectivity index (χ0v) is 15.5. The lowest BCUT2D eigenvalue weighted by molar-refractivity contribution is 0.577. The van der Waals surface area contributed by atoms with E-state index in [1.54, 1.807) is 18.2 Å². The first kappa shape index (κ1) is 18.1. The summed E-state index contributed by atoms with van der Waals surface area (Å²) < 4.78 is 27.9. The second-order valence-corrected chi connectivity index (χ2v) is 8.51. The predicted molar refractivity (Wildman–Crippen MR) is 101 cm³/mol. The molecule has 1 aromatic heterocycles. The SMILES string of the molecule is O=c1[nH]c2cccc(S(=O)(=O)NCCNCc3cccc(Cl)c3)c2s1. The second-order valence-electron chi connectivity index (χ2n) is 5.35. The van der Waals surface area contributed by atoms with Gasteiger partial charge in [-0.1, -0.05) is 41.1 Å². The zero-order valence-electron chi connectivity index (χ0n) is 13.1. The van der Waals surface area contributed by atoms with E-state index in [-0.39, 0.29) is 16.3 Å². The number of hydrogen-bond acceptors (Lipinski definition) is 5. The summed E-state index contributed by atoms with van der Waals surface area (Å²) >= 11 is 6.81. The quantitative estimate of drug-likeness (QED) is 0.533. The number of benzene rings is 2. The summed E-state index contributed by atoms with van der Waals surface area (Å²) in [6.07, 6.45) is 0. The molecular formula is C16H16ClN3O3S2. The van der Waals surface area contributed by atoms with Crippen LogP contribution in [0.5, 0.6) is 0 Å². The Morgan fingerprint density at radius 1 is 1.12 bits per heavy atom. The van der Waals surface area contributed by atoms with Crippen LogP contribution < -0.4 is 14.9 Å². The van der Waals surface area contributed by atoms with Crippen molar-refractivity contribution >= 4 is 43.2 Å². The molecule has 2 aromatic carbocycles. The number of hydrogen-bond donors (Lipinski definition) is 3. The Bertz CT molecular complexity index is 1040. The van der Waals surface area contributed by atoms with Gasteiger partial charge < -0.3 is 10.3 Å². The van der Waals surface area contributed by atoms with Crippen LogP contribution in [0, 0.1) is 0 Å². The Morgan fingerprint density at radius 2 is 1.92 bits per heavy atom. The summed E-state index contributed by atoms with van der Waals surface area (Å²) in [5, 5.41) is 3.82. The second kappa shape index (κ2) is 7.67. The summed E-state index contributed by atoms with van der Waals surface area (Å²) in [6, 6.07) is 12.2. The van der Waals surface area contributed by atoms with Gasteiger partial charge in [0.05, 0.1) is 10.2 Å². The van der Waals surface area contributed by atoms with Gasteiger partial charge in [-0.2, -0.15) is 0 Å². The van der Waals surface area contributed by atoms with E-state index in [0.717, 1.165) is 16.9 Å². The number of halogens is 1. The average Bonchev–Trinajstić information content (AvgIpc) is 2.94. The number of aromatic nitrogens is 1. The minimum absolute atomic E-state index is 0.114. The molecule has 3 aromatic rings. The van der Waals surface area contributed by atoms with Crippen LogP contribution in [-0.2, 0) is 16.6 Å². The van der Waals surface area contributed by atoms with Crippen LogP contribution in [0.2, 0.25) is 5.02 Å². The molecule has 1 heterocycles. The van der Waals surface area contributed by atoms with Gasteiger partial charge in [0.15, 0.2) is 0 Å². The maximum atomic E-state index is 12.5. The molecule has 0 radical (unpaired) electrons. The van der Waals surface area contributed by atoms with Gasteiger partial charge in [-0.3, -0.25) is 4.79 Å². The summed E-state index contributed by atoms with van der Waals surface area (Å²) in [5.41, 5.74) is 1.55. The van der Waals surface area contributed by atoms with Gasteiger partial charge in [0.1, 0.15) is 4.90 Å². The maximum absolute atomic E-state index is 12.5. The minimum Gasteiger partial charge on any atom is -0.312 e. The number of fused-ring (bicyclic) bond motifs is 1. The molecule has 0 aliphatic heterocycles. The molecule has 6 nitrogen and oxygen atoms in total. The summed E-state index contributed by atoms with van der Waals surface area (Å²) in [7, 11) is -3.68. The van der Waals surface area contributed by atoms with Gasteiger partial charge in [-0.15, -0.1) is 0 Å². The first-order valence-corrected chi connectivity index (χ1v) is 10.2. The number of H-pyrrole nitrogens is 1. The molecule has 0 saturated carbocycles. The van der Waals surface area contributed by atoms with Crippen molar-refractivity contribution in [2.75, 3.05) is 13.1 Å². The van der Waals surface area contributed by atoms with Crippen molar-refractivity contribution < 1.29 is 8.42 Å². The normalized spacial score (nSPS) is 11.9. The van der Waals surface area contributed by atoms with Crippen molar-refractivity contribution in [3.8, 4) is 0 Å². The molecule has 0 saturated heterocycles. The molecule has 0 unspecified atom stereocenters. The van der Waals surface area contributed by atoms with E-state index < -0.39 is 10.0 Å². The number of nitrogens with one attached hydrogen (secondary N) is 3. The van der Waals surface area contributed by atoms with Crippen LogP contribution in [0.4, 0.5) is 0 Å². The van der Waals surface area contributed by atoms with E-state index in [2.05, 4.69) is 15.0 Å². The Kier molecular flexibility index (Phi) is 5.55. The van der Waals surface area contributed by atoms with Crippen molar-refractivity contribution in [2.45, 2.75) is 11.4 Å². The third-order valence-corrected chi connectivity index (χ3v) is 6.31. The molecule has 0 bridgehead atoms. The van der Waals surface area contributed by atoms with Gasteiger partial charge >= 0.3 is 4.87 Å². The fourth-order valence-electron chi connectivity index (χ4n) is 2.39. The lowest BCUT2D eigenvalue weighted by Gasteiger charge is -2.09. The third-order valence-electron chi connectivity index (χ3n) is 3.51. The van der Waals surface area contributed by atoms with E-state index >= 15 is 0 Å². The molecule has 132 valence electrons. The van der Waals surface area contributed by atoms with Gasteiger partial charge in [0.2, 0.25) is 10.0 Å². The Morgan fingerprint density at radius 3 is 2.72 bits per heavy atom. The number of aromatic amines is 1. The van der Waals surface area contributed by atoms with E-state index in [4.69, 9.17) is 11.6 Å². The monoisotopic (exact) mass is 397 g/mol. The van der Waals surface area contributed by atoms with Crippen molar-refractivity contribution in [3.63, 3.8) is 0 Å². The first-order valence-electron chi connectivity index (χ1n) is 7.52. The highest BCUT2D eigenvalue weighted by Gasteiger charge is 2.18. The molecule has 0 spiro atoms. The summed E-state index contributed by atoms with van der Waals surface area (Å²) in [4.78, 5) is 13.9. The number of rotatable bonds is 7. The molecule has 25 heavy (non-hydrogen) atoms. The first-order chi connectivity index (χ1) is 12.0. The molecule has 3 rings (SSSR count). The van der Waals surface area contributed by atoms with Crippen LogP contribution in [0.25, 0.3) is 10.2 Å². The predicted octanol–water partition coefficient (Wildman–Crippen LogP) is 2.31. The van der Waals surface area contributed by atoms with Crippen LogP contribution in [-0.4, -0.2) is 26.5 Å². The number of sulfonamides is 1. The Labute approximate surface area is 153 Å². The Balaban J connectivity index is 1.59. The molecule has 0 aliphatic carbocycles. The minimum atomic E-state index is -3.68. The fourth-order valence-corrected chi connectivity index (χ4v) is 4.94. The third kappa shape index (κ3) is 4.47. The fraction of sp³-hybridized carbons (Fsp3) is 0.188. The lowest BCUT2D eigenvalue weighted by Crippen LogP contribution is -2.31. The maximum Gasteiger partial charge on any atom is 0.305 e. The van der Waals surface area contributed by atoms with Crippen LogP contribution in [0.1, 0.15) is 5.56 Å². The van der Waals surface area contributed by atoms with Gasteiger partial charge in [-0.25, -0.2) is 13.1 Å². The standard InChI is InChI=1S/C16H16ClN3O3S2/c17-12-4-1-3-11(9-12)10-18-7-8-19-25(22,23)14-6-2-5-13-15(14)24-16(21)20-13/h1-6,9,18-19H,7-8,10H2,(H,20,21). The van der Waals surface area contributed by atoms with Crippen molar-refractivity contribution in [2.24, 2.45) is 0 Å². The molecule has 0 fully saturated rings. The van der Waals surface area contributed by atoms with Gasteiger partial charge in [0, 0.05) is 24.7 Å². The van der Waals surface area contributed by atoms with Crippen LogP contribution in [0.3, 0.4) is 0 Å². The Hall–Kier alpha value is -1.71. The van der Waals surface area contributed by atoms with Crippen LogP contribution >= 0.6 is 22.9 Å². The smallest absolute Gasteiger partial charge is 0.305 e. The highest BCUT2D eigenvalue weighted by molar-refractivity contribution is 7.90. The van der Waals surface area contributed by atoms with E-state index in [1.165, 1.54) is 6.07 Å². The van der Waals surface area contributed by atoms with E-state index in [1.807, 2.05) is 18.2 Å². The topological polar surface area (TPSA) is 91.1 Å². The molecule has 0 amide bonds. The summed E-state index contributed by atoms with van der Waals surface area (Å²) in [6.45, 7) is 1.29. The largest absolute Gasteiger partial charge is 0.312 e. The van der Waals surface area contributed by atoms with Crippen LogP contribution in [0.15, 0.2) is 52.2 Å². The highest BCUT2D eigenvalue weighted by Crippen LogP contribution is 2.23. The van der Waals surface area contributed by atoms with Crippen molar-refractivity contribution in [1.82, 2.24) is 15.0 Å². The lowest BCUT2D eigenvalue weighted by atomic mass is 10.2. The molecule has 3 N–H and O–H groups in total. The molecule has 9 heteroatoms. The zero-order chi connectivity index (χ0) is 17.9. The van der Waals surface area contributed by atoms with E-state index in [0.29, 0.717) is 28.3 Å².